The minimum Gasteiger partial charge on any atom is -0.0917 e. The second-order valence-corrected chi connectivity index (χ2v) is 10.6. The molecule has 0 spiro atoms. The van der Waals surface area contributed by atoms with Crippen LogP contribution in [0.5, 0.6) is 0 Å². The lowest BCUT2D eigenvalue weighted by Gasteiger charge is -2.12. The number of hydrogen-bond acceptors (Lipinski definition) is 0. The van der Waals surface area contributed by atoms with Gasteiger partial charge < -0.3 is 0 Å². The molecule has 0 rings (SSSR count). The third-order valence-electron chi connectivity index (χ3n) is 7.12. The van der Waals surface area contributed by atoms with Crippen LogP contribution in [0.25, 0.3) is 0 Å². The zero-order chi connectivity index (χ0) is 22.3. The van der Waals surface area contributed by atoms with Gasteiger partial charge in [0.15, 0.2) is 0 Å². The van der Waals surface area contributed by atoms with Crippen molar-refractivity contribution in [2.24, 2.45) is 17.8 Å². The molecule has 3 atom stereocenters. The molecule has 0 heterocycles. The lowest BCUT2D eigenvalue weighted by Crippen LogP contribution is -1.96. The van der Waals surface area contributed by atoms with E-state index in [1.54, 1.807) is 0 Å². The average molecular weight is 421 g/mol. The molecule has 0 aliphatic heterocycles. The van der Waals surface area contributed by atoms with Gasteiger partial charge in [-0.25, -0.2) is 0 Å². The van der Waals surface area contributed by atoms with Crippen LogP contribution in [0.1, 0.15) is 163 Å². The smallest absolute Gasteiger partial charge is 0.0351 e. The Kier molecular flexibility index (Phi) is 23.2. The second kappa shape index (κ2) is 23.4. The van der Waals surface area contributed by atoms with Crippen LogP contribution >= 0.6 is 0 Å². The highest BCUT2D eigenvalue weighted by Gasteiger charge is 2.04. The summed E-state index contributed by atoms with van der Waals surface area (Å²) in [6.45, 7) is 11.8. The number of rotatable bonds is 23. The minimum absolute atomic E-state index is 0.931. The Morgan fingerprint density at radius 3 is 1.17 bits per heavy atom. The summed E-state index contributed by atoms with van der Waals surface area (Å²) >= 11 is 0. The Morgan fingerprint density at radius 1 is 0.467 bits per heavy atom. The van der Waals surface area contributed by atoms with E-state index in [1.807, 2.05) is 0 Å². The molecule has 30 heavy (non-hydrogen) atoms. The Labute approximate surface area is 193 Å². The van der Waals surface area contributed by atoms with Gasteiger partial charge in [0, 0.05) is 0 Å². The molecule has 0 aliphatic rings. The monoisotopic (exact) mass is 420 g/mol. The van der Waals surface area contributed by atoms with Crippen LogP contribution in [-0.2, 0) is 0 Å². The molecule has 0 aromatic heterocycles. The first-order valence-corrected chi connectivity index (χ1v) is 14.2. The van der Waals surface area contributed by atoms with Crippen LogP contribution < -0.4 is 0 Å². The first-order valence-electron chi connectivity index (χ1n) is 14.2. The fourth-order valence-electron chi connectivity index (χ4n) is 4.89. The van der Waals surface area contributed by atoms with Gasteiger partial charge >= 0.3 is 0 Å². The molecule has 0 nitrogen and oxygen atoms in total. The molecule has 0 amide bonds. The summed E-state index contributed by atoms with van der Waals surface area (Å²) in [5.74, 6) is 2.84. The van der Waals surface area contributed by atoms with Crippen LogP contribution in [0.2, 0.25) is 0 Å². The molecule has 180 valence electrons. The zero-order valence-corrected chi connectivity index (χ0v) is 22.0. The van der Waals surface area contributed by atoms with Gasteiger partial charge in [0.25, 0.3) is 0 Å². The Morgan fingerprint density at radius 2 is 0.800 bits per heavy atom. The lowest BCUT2D eigenvalue weighted by molar-refractivity contribution is 0.418. The third-order valence-corrected chi connectivity index (χ3v) is 7.12. The van der Waals surface area contributed by atoms with Gasteiger partial charge in [0.2, 0.25) is 0 Å². The maximum absolute atomic E-state index is 2.49. The van der Waals surface area contributed by atoms with E-state index in [9.17, 15) is 0 Å². The van der Waals surface area contributed by atoms with E-state index in [0.717, 1.165) is 17.8 Å². The first kappa shape index (κ1) is 29.7. The standard InChI is InChI=1S/C30H60/c1-6-8-9-17-24-29(4)25-19-13-10-11-14-20-26-30(5)27-21-16-12-15-18-23-28(3)22-7-2/h6,8,28-30H,7,9-27H2,1-5H3. The topological polar surface area (TPSA) is 0 Å². The Bertz CT molecular complexity index is 342. The third kappa shape index (κ3) is 22.4. The van der Waals surface area contributed by atoms with Crippen molar-refractivity contribution in [3.8, 4) is 0 Å². The van der Waals surface area contributed by atoms with Crippen LogP contribution in [-0.4, -0.2) is 0 Å². The van der Waals surface area contributed by atoms with Crippen molar-refractivity contribution < 1.29 is 0 Å². The molecule has 0 fully saturated rings. The summed E-state index contributed by atoms with van der Waals surface area (Å²) in [5, 5.41) is 0. The van der Waals surface area contributed by atoms with Crippen molar-refractivity contribution in [2.45, 2.75) is 163 Å². The molecule has 0 radical (unpaired) electrons. The second-order valence-electron chi connectivity index (χ2n) is 10.6. The van der Waals surface area contributed by atoms with Gasteiger partial charge in [0.05, 0.1) is 0 Å². The molecular formula is C30H60. The number of unbranched alkanes of at least 4 members (excludes halogenated alkanes) is 10. The summed E-state index contributed by atoms with van der Waals surface area (Å²) in [4.78, 5) is 0. The molecule has 0 heteroatoms. The van der Waals surface area contributed by atoms with Gasteiger partial charge in [-0.1, -0.05) is 155 Å². The Hall–Kier alpha value is -0.260. The van der Waals surface area contributed by atoms with Crippen LogP contribution in [0.4, 0.5) is 0 Å². The van der Waals surface area contributed by atoms with Crippen molar-refractivity contribution in [2.75, 3.05) is 0 Å². The zero-order valence-electron chi connectivity index (χ0n) is 22.0. The van der Waals surface area contributed by atoms with Crippen molar-refractivity contribution in [1.82, 2.24) is 0 Å². The molecule has 0 N–H and O–H groups in total. The summed E-state index contributed by atoms with van der Waals surface area (Å²) in [6, 6.07) is 0. The molecule has 0 saturated carbocycles. The molecule has 0 aliphatic carbocycles. The molecular weight excluding hydrogens is 360 g/mol. The van der Waals surface area contributed by atoms with E-state index in [2.05, 4.69) is 46.8 Å². The van der Waals surface area contributed by atoms with E-state index in [4.69, 9.17) is 0 Å². The molecule has 0 aromatic rings. The molecule has 0 aromatic carbocycles. The summed E-state index contributed by atoms with van der Waals surface area (Å²) in [7, 11) is 0. The summed E-state index contributed by atoms with van der Waals surface area (Å²) in [6.07, 6.45) is 33.3. The van der Waals surface area contributed by atoms with Crippen molar-refractivity contribution in [1.29, 1.82) is 0 Å². The highest BCUT2D eigenvalue weighted by atomic mass is 14.1. The highest BCUT2D eigenvalue weighted by Crippen LogP contribution is 2.21. The normalized spacial score (nSPS) is 15.0. The first-order chi connectivity index (χ1) is 14.6. The quantitative estimate of drug-likeness (QED) is 0.114. The van der Waals surface area contributed by atoms with E-state index in [0.29, 0.717) is 0 Å². The molecule has 3 unspecified atom stereocenters. The molecule has 0 saturated heterocycles. The maximum atomic E-state index is 2.49. The van der Waals surface area contributed by atoms with E-state index < -0.39 is 0 Å². The average Bonchev–Trinajstić information content (AvgIpc) is 2.72. The number of hydrogen-bond donors (Lipinski definition) is 0. The summed E-state index contributed by atoms with van der Waals surface area (Å²) < 4.78 is 0. The SMILES string of the molecule is CC=CCCCC(C)CCCCCCCCC(C)CCCCCCCC(C)CCC. The predicted molar refractivity (Wildman–Crippen MR) is 140 cm³/mol. The van der Waals surface area contributed by atoms with Crippen molar-refractivity contribution in [3.63, 3.8) is 0 Å². The van der Waals surface area contributed by atoms with Crippen molar-refractivity contribution >= 4 is 0 Å². The largest absolute Gasteiger partial charge is 0.0917 e. The summed E-state index contributed by atoms with van der Waals surface area (Å²) in [5.41, 5.74) is 0. The van der Waals surface area contributed by atoms with Crippen LogP contribution in [0.3, 0.4) is 0 Å². The fourth-order valence-corrected chi connectivity index (χ4v) is 4.89. The molecule has 0 bridgehead atoms. The highest BCUT2D eigenvalue weighted by molar-refractivity contribution is 4.76. The lowest BCUT2D eigenvalue weighted by atomic mass is 9.94. The van der Waals surface area contributed by atoms with Gasteiger partial charge in [-0.3, -0.25) is 0 Å². The van der Waals surface area contributed by atoms with E-state index in [-0.39, 0.29) is 0 Å². The number of allylic oxidation sites excluding steroid dienone is 2. The van der Waals surface area contributed by atoms with Crippen LogP contribution in [0.15, 0.2) is 12.2 Å². The van der Waals surface area contributed by atoms with Crippen molar-refractivity contribution in [3.05, 3.63) is 12.2 Å². The fraction of sp³-hybridized carbons (Fsp3) is 0.933. The van der Waals surface area contributed by atoms with Gasteiger partial charge in [-0.15, -0.1) is 0 Å². The Balaban J connectivity index is 3.29. The predicted octanol–water partition coefficient (Wildman–Crippen LogP) is 11.3. The van der Waals surface area contributed by atoms with Gasteiger partial charge in [-0.05, 0) is 37.5 Å². The van der Waals surface area contributed by atoms with Crippen LogP contribution in [0, 0.1) is 17.8 Å². The maximum Gasteiger partial charge on any atom is -0.0351 e. The van der Waals surface area contributed by atoms with E-state index >= 15 is 0 Å². The minimum atomic E-state index is 0.931. The van der Waals surface area contributed by atoms with E-state index in [1.165, 1.54) is 128 Å². The van der Waals surface area contributed by atoms with Gasteiger partial charge in [-0.2, -0.15) is 0 Å². The van der Waals surface area contributed by atoms with Gasteiger partial charge in [0.1, 0.15) is 0 Å².